The Balaban J connectivity index is 2.84. The summed E-state index contributed by atoms with van der Waals surface area (Å²) < 4.78 is 0. The van der Waals surface area contributed by atoms with Gasteiger partial charge in [0.2, 0.25) is 0 Å². The highest BCUT2D eigenvalue weighted by Crippen LogP contribution is 2.28. The van der Waals surface area contributed by atoms with Crippen LogP contribution < -0.4 is 5.43 Å². The van der Waals surface area contributed by atoms with Gasteiger partial charge in [-0.1, -0.05) is 6.08 Å². The van der Waals surface area contributed by atoms with Gasteiger partial charge in [-0.2, -0.15) is 5.10 Å². The van der Waals surface area contributed by atoms with Gasteiger partial charge in [0.25, 0.3) is 5.69 Å². The lowest BCUT2D eigenvalue weighted by Gasteiger charge is -2.01. The van der Waals surface area contributed by atoms with Crippen LogP contribution in [-0.2, 0) is 0 Å². The summed E-state index contributed by atoms with van der Waals surface area (Å²) in [5.74, 6) is 0. The van der Waals surface area contributed by atoms with Crippen molar-refractivity contribution in [1.29, 1.82) is 0 Å². The number of nitrogens with zero attached hydrogens (tertiary/aromatic N) is 3. The third kappa shape index (κ3) is 4.46. The SMILES string of the molecule is O=[N+]([O-])c1ccc(NN=CC=CCCO)c([N+](=O)[O-])c1. The Labute approximate surface area is 113 Å². The molecule has 0 amide bonds. The molecule has 20 heavy (non-hydrogen) atoms. The van der Waals surface area contributed by atoms with E-state index in [9.17, 15) is 20.2 Å². The minimum absolute atomic E-state index is 0.0194. The highest BCUT2D eigenvalue weighted by atomic mass is 16.6. The van der Waals surface area contributed by atoms with Crippen LogP contribution in [0.15, 0.2) is 35.5 Å². The lowest BCUT2D eigenvalue weighted by atomic mass is 10.2. The first-order chi connectivity index (χ1) is 9.56. The van der Waals surface area contributed by atoms with Gasteiger partial charge in [-0.25, -0.2) is 0 Å². The van der Waals surface area contributed by atoms with Crippen molar-refractivity contribution in [2.45, 2.75) is 6.42 Å². The fourth-order valence-corrected chi connectivity index (χ4v) is 1.26. The smallest absolute Gasteiger partial charge is 0.301 e. The van der Waals surface area contributed by atoms with Gasteiger partial charge in [-0.3, -0.25) is 25.7 Å². The van der Waals surface area contributed by atoms with E-state index in [1.54, 1.807) is 12.2 Å². The summed E-state index contributed by atoms with van der Waals surface area (Å²) in [5.41, 5.74) is 1.68. The molecule has 0 spiro atoms. The van der Waals surface area contributed by atoms with E-state index in [4.69, 9.17) is 5.11 Å². The molecule has 0 unspecified atom stereocenters. The summed E-state index contributed by atoms with van der Waals surface area (Å²) >= 11 is 0. The van der Waals surface area contributed by atoms with E-state index < -0.39 is 15.5 Å². The van der Waals surface area contributed by atoms with Crippen LogP contribution in [0, 0.1) is 20.2 Å². The summed E-state index contributed by atoms with van der Waals surface area (Å²) in [6.07, 6.45) is 5.04. The number of hydrogen-bond acceptors (Lipinski definition) is 7. The molecule has 0 aliphatic rings. The average molecular weight is 280 g/mol. The van der Waals surface area contributed by atoms with E-state index in [1.165, 1.54) is 12.3 Å². The molecule has 9 nitrogen and oxygen atoms in total. The van der Waals surface area contributed by atoms with Crippen LogP contribution in [0.25, 0.3) is 0 Å². The van der Waals surface area contributed by atoms with Crippen molar-refractivity contribution < 1.29 is 15.0 Å². The van der Waals surface area contributed by atoms with Crippen LogP contribution in [0.4, 0.5) is 17.1 Å². The second-order valence-corrected chi connectivity index (χ2v) is 3.55. The van der Waals surface area contributed by atoms with Crippen LogP contribution in [0.2, 0.25) is 0 Å². The summed E-state index contributed by atoms with van der Waals surface area (Å²) in [4.78, 5) is 19.9. The van der Waals surface area contributed by atoms with Crippen LogP contribution in [0.5, 0.6) is 0 Å². The van der Waals surface area contributed by atoms with Crippen molar-refractivity contribution in [2.75, 3.05) is 12.0 Å². The maximum Gasteiger partial charge on any atom is 0.301 e. The molecule has 0 aromatic heterocycles. The Kier molecular flexibility index (Phi) is 5.78. The lowest BCUT2D eigenvalue weighted by Crippen LogP contribution is -1.98. The molecular weight excluding hydrogens is 268 g/mol. The zero-order valence-electron chi connectivity index (χ0n) is 10.3. The topological polar surface area (TPSA) is 131 Å². The third-order valence-electron chi connectivity index (χ3n) is 2.17. The molecule has 0 radical (unpaired) electrons. The molecule has 0 saturated carbocycles. The molecule has 0 aliphatic heterocycles. The van der Waals surface area contributed by atoms with Crippen molar-refractivity contribution in [3.05, 3.63) is 50.6 Å². The van der Waals surface area contributed by atoms with Crippen molar-refractivity contribution >= 4 is 23.3 Å². The predicted octanol–water partition coefficient (Wildman–Crippen LogP) is 1.84. The van der Waals surface area contributed by atoms with E-state index in [0.29, 0.717) is 6.42 Å². The molecule has 0 atom stereocenters. The highest BCUT2D eigenvalue weighted by molar-refractivity contribution is 5.73. The number of nitrogens with one attached hydrogen (secondary N) is 1. The third-order valence-corrected chi connectivity index (χ3v) is 2.17. The van der Waals surface area contributed by atoms with Crippen LogP contribution in [-0.4, -0.2) is 27.8 Å². The number of nitro benzene ring substituents is 2. The summed E-state index contributed by atoms with van der Waals surface area (Å²) in [6.45, 7) is 0.0194. The highest BCUT2D eigenvalue weighted by Gasteiger charge is 2.18. The maximum absolute atomic E-state index is 10.8. The predicted molar refractivity (Wildman–Crippen MR) is 72.7 cm³/mol. The molecule has 106 valence electrons. The largest absolute Gasteiger partial charge is 0.396 e. The van der Waals surface area contributed by atoms with Crippen LogP contribution in [0.1, 0.15) is 6.42 Å². The Morgan fingerprint density at radius 1 is 1.30 bits per heavy atom. The number of anilines is 1. The van der Waals surface area contributed by atoms with Gasteiger partial charge in [0, 0.05) is 18.9 Å². The summed E-state index contributed by atoms with van der Waals surface area (Å²) in [6, 6.07) is 3.22. The van der Waals surface area contributed by atoms with Crippen molar-refractivity contribution in [3.8, 4) is 0 Å². The number of benzene rings is 1. The fraction of sp³-hybridized carbons (Fsp3) is 0.182. The van der Waals surface area contributed by atoms with E-state index >= 15 is 0 Å². The molecule has 1 rings (SSSR count). The molecule has 1 aromatic carbocycles. The Hall–Kier alpha value is -2.81. The first-order valence-corrected chi connectivity index (χ1v) is 5.54. The van der Waals surface area contributed by atoms with Gasteiger partial charge in [0.05, 0.1) is 15.9 Å². The number of nitro groups is 2. The van der Waals surface area contributed by atoms with Gasteiger partial charge in [0.15, 0.2) is 0 Å². The van der Waals surface area contributed by atoms with Crippen LogP contribution in [0.3, 0.4) is 0 Å². The molecular formula is C11H12N4O5. The van der Waals surface area contributed by atoms with Crippen LogP contribution >= 0.6 is 0 Å². The number of aliphatic hydroxyl groups is 1. The second-order valence-electron chi connectivity index (χ2n) is 3.55. The number of rotatable bonds is 7. The first-order valence-electron chi connectivity index (χ1n) is 5.54. The molecule has 0 heterocycles. The number of aliphatic hydroxyl groups excluding tert-OH is 1. The zero-order chi connectivity index (χ0) is 15.0. The molecule has 0 bridgehead atoms. The normalized spacial score (nSPS) is 11.1. The molecule has 2 N–H and O–H groups in total. The maximum atomic E-state index is 10.8. The van der Waals surface area contributed by atoms with Crippen molar-refractivity contribution in [2.24, 2.45) is 5.10 Å². The van der Waals surface area contributed by atoms with E-state index in [1.807, 2.05) is 0 Å². The van der Waals surface area contributed by atoms with E-state index in [0.717, 1.165) is 12.1 Å². The quantitative estimate of drug-likeness (QED) is 0.445. The van der Waals surface area contributed by atoms with Crippen molar-refractivity contribution in [1.82, 2.24) is 0 Å². The monoisotopic (exact) mass is 280 g/mol. The number of hydrogen-bond donors (Lipinski definition) is 2. The Morgan fingerprint density at radius 3 is 2.65 bits per heavy atom. The molecule has 0 fully saturated rings. The minimum Gasteiger partial charge on any atom is -0.396 e. The van der Waals surface area contributed by atoms with E-state index in [2.05, 4.69) is 10.5 Å². The minimum atomic E-state index is -0.730. The standard InChI is InChI=1S/C11H12N4O5/c16-7-3-1-2-6-12-13-10-5-4-9(14(17)18)8-11(10)15(19)20/h1-2,4-6,8,13,16H,3,7H2. The lowest BCUT2D eigenvalue weighted by molar-refractivity contribution is -0.393. The fourth-order valence-electron chi connectivity index (χ4n) is 1.26. The van der Waals surface area contributed by atoms with Crippen molar-refractivity contribution in [3.63, 3.8) is 0 Å². The van der Waals surface area contributed by atoms with Gasteiger partial charge in [0.1, 0.15) is 5.69 Å². The second kappa shape index (κ2) is 7.59. The number of hydrazone groups is 1. The molecule has 9 heteroatoms. The summed E-state index contributed by atoms with van der Waals surface area (Å²) in [7, 11) is 0. The average Bonchev–Trinajstić information content (AvgIpc) is 2.42. The molecule has 0 saturated heterocycles. The zero-order valence-corrected chi connectivity index (χ0v) is 10.3. The van der Waals surface area contributed by atoms with E-state index in [-0.39, 0.29) is 18.0 Å². The number of allylic oxidation sites excluding steroid dienone is 1. The van der Waals surface area contributed by atoms with Gasteiger partial charge < -0.3 is 5.11 Å². The Bertz CT molecular complexity index is 556. The summed E-state index contributed by atoms with van der Waals surface area (Å²) in [5, 5.41) is 33.6. The molecule has 1 aromatic rings. The molecule has 0 aliphatic carbocycles. The first kappa shape index (κ1) is 15.2. The number of non-ortho nitro benzene ring substituents is 1. The van der Waals surface area contributed by atoms with Gasteiger partial charge >= 0.3 is 5.69 Å². The Morgan fingerprint density at radius 2 is 2.05 bits per heavy atom. The van der Waals surface area contributed by atoms with Gasteiger partial charge in [-0.15, -0.1) is 0 Å². The van der Waals surface area contributed by atoms with Gasteiger partial charge in [-0.05, 0) is 18.6 Å².